The maximum atomic E-state index is 12.8. The van der Waals surface area contributed by atoms with Crippen molar-refractivity contribution in [3.05, 3.63) is 41.5 Å². The zero-order valence-electron chi connectivity index (χ0n) is 16.3. The first-order chi connectivity index (χ1) is 13.2. The van der Waals surface area contributed by atoms with Crippen LogP contribution in [0.1, 0.15) is 50.7 Å². The standard InChI is InChI=1S/C21H27F3N2O2/c1-3-4-12-25-20(28)17-10-8-15(2)26(14-17)19(27)11-9-16-6-5-7-18(13-16)21(22,23)24/h5-7,9,11,13,15,17H,3-4,8,10,12,14H2,1-2H3,(H,25,28). The minimum Gasteiger partial charge on any atom is -0.356 e. The van der Waals surface area contributed by atoms with Crippen LogP contribution < -0.4 is 5.32 Å². The quantitative estimate of drug-likeness (QED) is 0.577. The van der Waals surface area contributed by atoms with Crippen molar-refractivity contribution in [1.82, 2.24) is 10.2 Å². The lowest BCUT2D eigenvalue weighted by Gasteiger charge is -2.36. The topological polar surface area (TPSA) is 49.4 Å². The van der Waals surface area contributed by atoms with Gasteiger partial charge in [0.25, 0.3) is 0 Å². The third kappa shape index (κ3) is 6.11. The van der Waals surface area contributed by atoms with Gasteiger partial charge in [-0.05, 0) is 50.0 Å². The molecule has 0 radical (unpaired) electrons. The van der Waals surface area contributed by atoms with Crippen molar-refractivity contribution in [2.75, 3.05) is 13.1 Å². The molecule has 0 saturated carbocycles. The Hall–Kier alpha value is -2.31. The summed E-state index contributed by atoms with van der Waals surface area (Å²) < 4.78 is 38.4. The van der Waals surface area contributed by atoms with E-state index >= 15 is 0 Å². The Labute approximate surface area is 163 Å². The van der Waals surface area contributed by atoms with Crippen molar-refractivity contribution in [2.45, 2.75) is 51.7 Å². The fourth-order valence-corrected chi connectivity index (χ4v) is 3.24. The number of halogens is 3. The molecule has 0 spiro atoms. The van der Waals surface area contributed by atoms with Crippen LogP contribution in [0.2, 0.25) is 0 Å². The number of nitrogens with zero attached hydrogens (tertiary/aromatic N) is 1. The minimum atomic E-state index is -4.42. The Balaban J connectivity index is 2.02. The highest BCUT2D eigenvalue weighted by Crippen LogP contribution is 2.30. The van der Waals surface area contributed by atoms with Gasteiger partial charge in [0.05, 0.1) is 11.5 Å². The second-order valence-electron chi connectivity index (χ2n) is 7.22. The van der Waals surface area contributed by atoms with Crippen LogP contribution in [0.3, 0.4) is 0 Å². The van der Waals surface area contributed by atoms with Gasteiger partial charge in [-0.15, -0.1) is 0 Å². The van der Waals surface area contributed by atoms with E-state index in [2.05, 4.69) is 5.32 Å². The van der Waals surface area contributed by atoms with Crippen molar-refractivity contribution >= 4 is 17.9 Å². The zero-order valence-corrected chi connectivity index (χ0v) is 16.3. The fraction of sp³-hybridized carbons (Fsp3) is 0.524. The SMILES string of the molecule is CCCCNC(=O)C1CCC(C)N(C(=O)C=Cc2cccc(C(F)(F)F)c2)C1. The number of unbranched alkanes of at least 4 members (excludes halogenated alkanes) is 1. The first-order valence-corrected chi connectivity index (χ1v) is 9.66. The van der Waals surface area contributed by atoms with Gasteiger partial charge in [0.15, 0.2) is 0 Å². The summed E-state index contributed by atoms with van der Waals surface area (Å²) in [5.41, 5.74) is -0.445. The molecular formula is C21H27F3N2O2. The van der Waals surface area contributed by atoms with Crippen LogP contribution in [0, 0.1) is 5.92 Å². The Bertz CT molecular complexity index is 716. The summed E-state index contributed by atoms with van der Waals surface area (Å²) >= 11 is 0. The van der Waals surface area contributed by atoms with Crippen molar-refractivity contribution in [3.63, 3.8) is 0 Å². The highest BCUT2D eigenvalue weighted by Gasteiger charge is 2.32. The van der Waals surface area contributed by atoms with E-state index in [1.807, 2.05) is 13.8 Å². The van der Waals surface area contributed by atoms with E-state index < -0.39 is 11.7 Å². The Morgan fingerprint density at radius 2 is 2.04 bits per heavy atom. The number of likely N-dealkylation sites (tertiary alicyclic amines) is 1. The largest absolute Gasteiger partial charge is 0.416 e. The number of benzene rings is 1. The van der Waals surface area contributed by atoms with Gasteiger partial charge in [-0.3, -0.25) is 9.59 Å². The molecule has 1 fully saturated rings. The first-order valence-electron chi connectivity index (χ1n) is 9.66. The molecule has 1 aliphatic heterocycles. The molecule has 7 heteroatoms. The zero-order chi connectivity index (χ0) is 20.7. The lowest BCUT2D eigenvalue weighted by molar-refractivity contribution is -0.137. The molecule has 1 saturated heterocycles. The summed E-state index contributed by atoms with van der Waals surface area (Å²) in [6.07, 6.45) is 1.59. The van der Waals surface area contributed by atoms with Gasteiger partial charge >= 0.3 is 6.18 Å². The maximum absolute atomic E-state index is 12.8. The minimum absolute atomic E-state index is 0.0154. The van der Waals surface area contributed by atoms with Gasteiger partial charge in [-0.2, -0.15) is 13.2 Å². The Morgan fingerprint density at radius 3 is 2.71 bits per heavy atom. The molecule has 2 atom stereocenters. The number of nitrogens with one attached hydrogen (secondary N) is 1. The van der Waals surface area contributed by atoms with Crippen molar-refractivity contribution in [2.24, 2.45) is 5.92 Å². The predicted molar refractivity (Wildman–Crippen MR) is 102 cm³/mol. The highest BCUT2D eigenvalue weighted by atomic mass is 19.4. The summed E-state index contributed by atoms with van der Waals surface area (Å²) in [6.45, 7) is 4.92. The van der Waals surface area contributed by atoms with E-state index in [4.69, 9.17) is 0 Å². The second-order valence-corrected chi connectivity index (χ2v) is 7.22. The van der Waals surface area contributed by atoms with Crippen molar-refractivity contribution in [3.8, 4) is 0 Å². The highest BCUT2D eigenvalue weighted by molar-refractivity contribution is 5.92. The molecule has 1 heterocycles. The van der Waals surface area contributed by atoms with Crippen LogP contribution in [0.25, 0.3) is 6.08 Å². The third-order valence-electron chi connectivity index (χ3n) is 5.00. The first kappa shape index (κ1) is 22.0. The predicted octanol–water partition coefficient (Wildman–Crippen LogP) is 4.26. The smallest absolute Gasteiger partial charge is 0.356 e. The summed E-state index contributed by atoms with van der Waals surface area (Å²) in [6, 6.07) is 4.81. The molecule has 4 nitrogen and oxygen atoms in total. The molecule has 2 amide bonds. The fourth-order valence-electron chi connectivity index (χ4n) is 3.24. The van der Waals surface area contributed by atoms with Crippen molar-refractivity contribution < 1.29 is 22.8 Å². The average molecular weight is 396 g/mol. The number of hydrogen-bond acceptors (Lipinski definition) is 2. The lowest BCUT2D eigenvalue weighted by atomic mass is 9.92. The van der Waals surface area contributed by atoms with Gasteiger partial charge in [-0.25, -0.2) is 0 Å². The van der Waals surface area contributed by atoms with E-state index in [0.29, 0.717) is 18.7 Å². The van der Waals surface area contributed by atoms with Crippen LogP contribution >= 0.6 is 0 Å². The van der Waals surface area contributed by atoms with E-state index in [1.54, 1.807) is 4.90 Å². The van der Waals surface area contributed by atoms with E-state index in [1.165, 1.54) is 24.3 Å². The molecule has 28 heavy (non-hydrogen) atoms. The number of rotatable bonds is 6. The second kappa shape index (κ2) is 9.75. The van der Waals surface area contributed by atoms with Gasteiger partial charge in [0.2, 0.25) is 11.8 Å². The molecule has 1 N–H and O–H groups in total. The Kier molecular flexibility index (Phi) is 7.66. The van der Waals surface area contributed by atoms with Crippen LogP contribution in [0.4, 0.5) is 13.2 Å². The summed E-state index contributed by atoms with van der Waals surface area (Å²) in [4.78, 5) is 26.5. The number of alkyl halides is 3. The van der Waals surface area contributed by atoms with Crippen molar-refractivity contribution in [1.29, 1.82) is 0 Å². The van der Waals surface area contributed by atoms with Gasteiger partial charge in [0, 0.05) is 25.2 Å². The van der Waals surface area contributed by atoms with Crippen LogP contribution in [0.15, 0.2) is 30.3 Å². The number of hydrogen-bond donors (Lipinski definition) is 1. The monoisotopic (exact) mass is 396 g/mol. The molecule has 0 aromatic heterocycles. The lowest BCUT2D eigenvalue weighted by Crippen LogP contribution is -2.49. The van der Waals surface area contributed by atoms with Crippen LogP contribution in [-0.4, -0.2) is 35.8 Å². The number of piperidine rings is 1. The Morgan fingerprint density at radius 1 is 1.29 bits per heavy atom. The molecular weight excluding hydrogens is 369 g/mol. The van der Waals surface area contributed by atoms with E-state index in [9.17, 15) is 22.8 Å². The number of carbonyl (C=O) groups is 2. The molecule has 0 bridgehead atoms. The van der Waals surface area contributed by atoms with Gasteiger partial charge in [-0.1, -0.05) is 25.5 Å². The number of carbonyl (C=O) groups excluding carboxylic acids is 2. The van der Waals surface area contributed by atoms with Gasteiger partial charge < -0.3 is 10.2 Å². The maximum Gasteiger partial charge on any atom is 0.416 e. The summed E-state index contributed by atoms with van der Waals surface area (Å²) in [5, 5.41) is 2.90. The molecule has 1 aliphatic rings. The number of amides is 2. The van der Waals surface area contributed by atoms with E-state index in [0.717, 1.165) is 37.8 Å². The molecule has 1 aromatic carbocycles. The molecule has 0 aliphatic carbocycles. The van der Waals surface area contributed by atoms with Crippen LogP contribution in [-0.2, 0) is 15.8 Å². The normalized spacial score (nSPS) is 20.4. The summed E-state index contributed by atoms with van der Waals surface area (Å²) in [5.74, 6) is -0.588. The van der Waals surface area contributed by atoms with E-state index in [-0.39, 0.29) is 23.8 Å². The van der Waals surface area contributed by atoms with Crippen LogP contribution in [0.5, 0.6) is 0 Å². The average Bonchev–Trinajstić information content (AvgIpc) is 2.66. The van der Waals surface area contributed by atoms with Gasteiger partial charge in [0.1, 0.15) is 0 Å². The third-order valence-corrected chi connectivity index (χ3v) is 5.00. The summed E-state index contributed by atoms with van der Waals surface area (Å²) in [7, 11) is 0. The molecule has 154 valence electrons. The molecule has 1 aromatic rings. The molecule has 2 rings (SSSR count). The molecule has 2 unspecified atom stereocenters.